The number of Topliss-reactive ketones (excluding diaryl/α,β-unsaturated/α-hetero) is 1. The monoisotopic (exact) mass is 847 g/mol. The van der Waals surface area contributed by atoms with Crippen molar-refractivity contribution in [2.24, 2.45) is 5.73 Å². The first kappa shape index (κ1) is 45.7. The van der Waals surface area contributed by atoms with Crippen LogP contribution >= 0.6 is 0 Å². The summed E-state index contributed by atoms with van der Waals surface area (Å²) in [5.74, 6) is -1.42. The first-order valence-corrected chi connectivity index (χ1v) is 20.8. The molecule has 0 bridgehead atoms. The van der Waals surface area contributed by atoms with Crippen LogP contribution in [0.3, 0.4) is 0 Å². The number of aromatic nitrogens is 2. The highest BCUT2D eigenvalue weighted by atomic mass is 16.4. The minimum atomic E-state index is -1.40. The van der Waals surface area contributed by atoms with E-state index in [4.69, 9.17) is 10.8 Å². The zero-order valence-corrected chi connectivity index (χ0v) is 36.0. The van der Waals surface area contributed by atoms with Gasteiger partial charge in [0.15, 0.2) is 5.78 Å². The highest BCUT2D eigenvalue weighted by molar-refractivity contribution is 6.02. The fourth-order valence-electron chi connectivity index (χ4n) is 7.37. The molecule has 324 valence electrons. The number of fused-ring (bicyclic) bond motifs is 2. The van der Waals surface area contributed by atoms with Gasteiger partial charge in [0.1, 0.15) is 11.2 Å². The molecule has 2 amide bonds. The van der Waals surface area contributed by atoms with Crippen LogP contribution in [-0.2, 0) is 35.4 Å². The third kappa shape index (κ3) is 11.5. The molecule has 63 heavy (non-hydrogen) atoms. The molecule has 12 heteroatoms. The topological polar surface area (TPSA) is 187 Å². The Kier molecular flexibility index (Phi) is 14.4. The van der Waals surface area contributed by atoms with Crippen LogP contribution in [0, 0.1) is 0 Å². The largest absolute Gasteiger partial charge is 0.478 e. The van der Waals surface area contributed by atoms with Gasteiger partial charge in [0, 0.05) is 67.8 Å². The normalized spacial score (nSPS) is 12.9. The zero-order valence-electron chi connectivity index (χ0n) is 36.0. The number of hydrogen-bond acceptors (Lipinski definition) is 9. The highest BCUT2D eigenvalue weighted by Crippen LogP contribution is 2.35. The summed E-state index contributed by atoms with van der Waals surface area (Å²) in [6.07, 6.45) is 9.65. The van der Waals surface area contributed by atoms with Crippen LogP contribution in [0.4, 0.5) is 11.4 Å². The average Bonchev–Trinajstić information content (AvgIpc) is 3.92. The number of pyridine rings is 2. The molecule has 4 aromatic carbocycles. The molecule has 0 spiro atoms. The van der Waals surface area contributed by atoms with Crippen LogP contribution in [0.5, 0.6) is 0 Å². The third-order valence-electron chi connectivity index (χ3n) is 10.8. The lowest BCUT2D eigenvalue weighted by Crippen LogP contribution is -2.44. The fraction of sp³-hybridized carbons (Fsp3) is 0.255. The van der Waals surface area contributed by atoms with Gasteiger partial charge in [-0.25, -0.2) is 4.79 Å². The molecule has 0 atom stereocenters. The highest BCUT2D eigenvalue weighted by Gasteiger charge is 2.35. The van der Waals surface area contributed by atoms with E-state index < -0.39 is 17.2 Å². The Morgan fingerprint density at radius 3 is 1.41 bits per heavy atom. The van der Waals surface area contributed by atoms with Crippen molar-refractivity contribution in [1.29, 1.82) is 0 Å². The predicted molar refractivity (Wildman–Crippen MR) is 244 cm³/mol. The molecule has 8 rings (SSSR count). The van der Waals surface area contributed by atoms with Crippen molar-refractivity contribution in [1.82, 2.24) is 9.97 Å². The summed E-state index contributed by atoms with van der Waals surface area (Å²) in [5.41, 5.74) is 13.4. The van der Waals surface area contributed by atoms with E-state index in [9.17, 15) is 29.4 Å². The van der Waals surface area contributed by atoms with Crippen LogP contribution in [0.15, 0.2) is 134 Å². The summed E-state index contributed by atoms with van der Waals surface area (Å²) >= 11 is 0. The molecule has 6 aromatic rings. The Hall–Kier alpha value is -6.86. The van der Waals surface area contributed by atoms with Gasteiger partial charge in [0.25, 0.3) is 11.8 Å². The van der Waals surface area contributed by atoms with Crippen LogP contribution in [0.25, 0.3) is 22.3 Å². The molecule has 0 aliphatic carbocycles. The molecule has 0 unspecified atom stereocenters. The number of carboxylic acids is 1. The lowest BCUT2D eigenvalue weighted by atomic mass is 9.98. The number of benzene rings is 4. The minimum absolute atomic E-state index is 0.116. The number of amides is 2. The van der Waals surface area contributed by atoms with Crippen LogP contribution in [-0.4, -0.2) is 73.1 Å². The molecular formula is C51H53N5O7. The second-order valence-corrected chi connectivity index (χ2v) is 16.5. The van der Waals surface area contributed by atoms with Crippen molar-refractivity contribution < 1.29 is 34.5 Å². The summed E-state index contributed by atoms with van der Waals surface area (Å²) in [4.78, 5) is 59.5. The summed E-state index contributed by atoms with van der Waals surface area (Å²) in [5, 5.41) is 29.0. The molecule has 2 aromatic heterocycles. The Bertz CT molecular complexity index is 2550. The van der Waals surface area contributed by atoms with E-state index in [1.54, 1.807) is 58.9 Å². The van der Waals surface area contributed by atoms with Gasteiger partial charge in [0.2, 0.25) is 0 Å². The molecule has 2 aliphatic heterocycles. The van der Waals surface area contributed by atoms with E-state index in [2.05, 4.69) is 16.0 Å². The van der Waals surface area contributed by atoms with Gasteiger partial charge in [-0.2, -0.15) is 0 Å². The SMILES string of the molecule is CC(C)(O)C(=O)N1CCc2cc(-c3ccc(C(=O)CCc4cccnc4)cc3)ccc21.CC(C)(O)C(=O)N1CCc2cc(-c3ccc(C(=O)O)cc3)ccc21.NCc1cccnc1. The number of hydrogen-bond donors (Lipinski definition) is 4. The lowest BCUT2D eigenvalue weighted by molar-refractivity contribution is -0.133. The molecule has 0 radical (unpaired) electrons. The number of aryl methyl sites for hydroxylation is 1. The first-order chi connectivity index (χ1) is 30.0. The summed E-state index contributed by atoms with van der Waals surface area (Å²) in [7, 11) is 0. The number of carbonyl (C=O) groups is 4. The van der Waals surface area contributed by atoms with Crippen molar-refractivity contribution >= 4 is 34.9 Å². The number of anilines is 2. The number of rotatable bonds is 10. The van der Waals surface area contributed by atoms with Crippen molar-refractivity contribution in [2.75, 3.05) is 22.9 Å². The van der Waals surface area contributed by atoms with Crippen LogP contribution < -0.4 is 15.5 Å². The Morgan fingerprint density at radius 2 is 1.03 bits per heavy atom. The van der Waals surface area contributed by atoms with E-state index in [0.29, 0.717) is 38.0 Å². The summed E-state index contributed by atoms with van der Waals surface area (Å²) in [6, 6.07) is 33.9. The van der Waals surface area contributed by atoms with Crippen molar-refractivity contribution in [2.45, 2.75) is 71.1 Å². The van der Waals surface area contributed by atoms with Gasteiger partial charge in [-0.15, -0.1) is 0 Å². The Labute approximate surface area is 367 Å². The number of carbonyl (C=O) groups excluding carboxylic acids is 3. The molecule has 0 saturated heterocycles. The number of aliphatic hydroxyl groups is 2. The minimum Gasteiger partial charge on any atom is -0.478 e. The molecular weight excluding hydrogens is 795 g/mol. The number of ketones is 1. The second kappa shape index (κ2) is 19.9. The quantitative estimate of drug-likeness (QED) is 0.101. The standard InChI is InChI=1S/C26H26N2O3.C19H19NO4.C6H8N2/c1-26(2,31)25(30)28-15-13-22-16-21(10-11-23(22)28)19-6-8-20(9-7-19)24(29)12-5-18-4-3-14-27-17-18;1-19(2,24)18(23)20-10-9-15-11-14(7-8-16(15)20)12-3-5-13(6-4-12)17(21)22;7-4-6-2-1-3-8-5-6/h3-4,6-11,14,16-17,31H,5,12-13,15H2,1-2H3;3-8,11,24H,9-10H2,1-2H3,(H,21,22);1-3,5H,4,7H2. The van der Waals surface area contributed by atoms with Crippen molar-refractivity contribution in [3.05, 3.63) is 167 Å². The third-order valence-corrected chi connectivity index (χ3v) is 10.8. The maximum Gasteiger partial charge on any atom is 0.335 e. The number of nitrogens with two attached hydrogens (primary N) is 1. The van der Waals surface area contributed by atoms with Gasteiger partial charge < -0.3 is 30.9 Å². The molecule has 5 N–H and O–H groups in total. The number of carboxylic acid groups (broad SMARTS) is 1. The van der Waals surface area contributed by atoms with E-state index >= 15 is 0 Å². The molecule has 0 saturated carbocycles. The van der Waals surface area contributed by atoms with Crippen LogP contribution in [0.2, 0.25) is 0 Å². The molecule has 0 fully saturated rings. The Balaban J connectivity index is 0.000000182. The summed E-state index contributed by atoms with van der Waals surface area (Å²) < 4.78 is 0. The van der Waals surface area contributed by atoms with Crippen LogP contribution in [0.1, 0.15) is 77.1 Å². The van der Waals surface area contributed by atoms with Crippen molar-refractivity contribution in [3.8, 4) is 22.3 Å². The van der Waals surface area contributed by atoms with E-state index in [1.807, 2.05) is 78.9 Å². The van der Waals surface area contributed by atoms with Gasteiger partial charge >= 0.3 is 5.97 Å². The average molecular weight is 848 g/mol. The first-order valence-electron chi connectivity index (χ1n) is 20.8. The number of aromatic carboxylic acids is 1. The van der Waals surface area contributed by atoms with E-state index in [0.717, 1.165) is 68.7 Å². The van der Waals surface area contributed by atoms with Crippen molar-refractivity contribution in [3.63, 3.8) is 0 Å². The summed E-state index contributed by atoms with van der Waals surface area (Å²) in [6.45, 7) is 7.72. The second-order valence-electron chi connectivity index (χ2n) is 16.5. The Morgan fingerprint density at radius 1 is 0.603 bits per heavy atom. The molecule has 4 heterocycles. The number of nitrogens with zero attached hydrogens (tertiary/aromatic N) is 4. The van der Waals surface area contributed by atoms with Gasteiger partial charge in [-0.05, 0) is 140 Å². The maximum atomic E-state index is 12.5. The van der Waals surface area contributed by atoms with E-state index in [1.165, 1.54) is 27.7 Å². The van der Waals surface area contributed by atoms with Gasteiger partial charge in [0.05, 0.1) is 5.56 Å². The lowest BCUT2D eigenvalue weighted by Gasteiger charge is -2.25. The molecule has 2 aliphatic rings. The fourth-order valence-corrected chi connectivity index (χ4v) is 7.37. The molecule has 12 nitrogen and oxygen atoms in total. The maximum absolute atomic E-state index is 12.5. The van der Waals surface area contributed by atoms with E-state index in [-0.39, 0.29) is 23.2 Å². The van der Waals surface area contributed by atoms with Gasteiger partial charge in [-0.3, -0.25) is 24.4 Å². The smallest absolute Gasteiger partial charge is 0.335 e. The predicted octanol–water partition coefficient (Wildman–Crippen LogP) is 7.48. The zero-order chi connectivity index (χ0) is 45.3. The van der Waals surface area contributed by atoms with Gasteiger partial charge in [-0.1, -0.05) is 60.7 Å².